The summed E-state index contributed by atoms with van der Waals surface area (Å²) in [7, 11) is 1.28. The Hall–Kier alpha value is -3.19. The largest absolute Gasteiger partial charge is 0.508 e. The van der Waals surface area contributed by atoms with Crippen molar-refractivity contribution >= 4 is 23.5 Å². The van der Waals surface area contributed by atoms with Crippen LogP contribution in [0.2, 0.25) is 0 Å². The number of ether oxygens (including phenoxy) is 1. The fraction of sp³-hybridized carbons (Fsp3) is 0.348. The van der Waals surface area contributed by atoms with Crippen molar-refractivity contribution in [1.29, 1.82) is 0 Å². The van der Waals surface area contributed by atoms with Crippen LogP contribution in [-0.2, 0) is 19.1 Å². The van der Waals surface area contributed by atoms with Gasteiger partial charge in [0.2, 0.25) is 11.8 Å². The van der Waals surface area contributed by atoms with Crippen molar-refractivity contribution in [1.82, 2.24) is 5.32 Å². The molecule has 30 heavy (non-hydrogen) atoms. The number of phenolic OH excluding ortho intramolecular Hbond substituents is 1. The van der Waals surface area contributed by atoms with Gasteiger partial charge in [0, 0.05) is 6.04 Å². The summed E-state index contributed by atoms with van der Waals surface area (Å²) in [4.78, 5) is 41.1. The number of benzene rings is 2. The SMILES string of the molecule is CCC1(C(=O)OC)NC(c2ccc(O)cc2)C2C(=O)N(c3ccc(C)cc3)C(=O)C21. The summed E-state index contributed by atoms with van der Waals surface area (Å²) in [6, 6.07) is 13.0. The number of esters is 1. The number of carbonyl (C=O) groups excluding carboxylic acids is 3. The highest BCUT2D eigenvalue weighted by atomic mass is 16.5. The van der Waals surface area contributed by atoms with E-state index in [4.69, 9.17) is 4.74 Å². The number of nitrogens with zero attached hydrogens (tertiary/aromatic N) is 1. The topological polar surface area (TPSA) is 95.9 Å². The third-order valence-corrected chi connectivity index (χ3v) is 6.31. The molecule has 4 unspecified atom stereocenters. The Morgan fingerprint density at radius 2 is 1.73 bits per heavy atom. The van der Waals surface area contributed by atoms with E-state index in [2.05, 4.69) is 5.32 Å². The number of imide groups is 1. The first-order chi connectivity index (χ1) is 14.3. The summed E-state index contributed by atoms with van der Waals surface area (Å²) in [5, 5.41) is 12.9. The molecule has 2 heterocycles. The maximum Gasteiger partial charge on any atom is 0.326 e. The van der Waals surface area contributed by atoms with Crippen molar-refractivity contribution < 1.29 is 24.2 Å². The Balaban J connectivity index is 1.84. The highest BCUT2D eigenvalue weighted by Crippen LogP contribution is 2.51. The quantitative estimate of drug-likeness (QED) is 0.596. The van der Waals surface area contributed by atoms with Crippen molar-refractivity contribution in [2.75, 3.05) is 12.0 Å². The number of amides is 2. The summed E-state index contributed by atoms with van der Waals surface area (Å²) < 4.78 is 5.06. The maximum absolute atomic E-state index is 13.5. The lowest BCUT2D eigenvalue weighted by Gasteiger charge is -2.31. The molecule has 156 valence electrons. The highest BCUT2D eigenvalue weighted by molar-refractivity contribution is 6.24. The second-order valence-corrected chi connectivity index (χ2v) is 7.88. The van der Waals surface area contributed by atoms with Crippen LogP contribution in [0.4, 0.5) is 5.69 Å². The molecular formula is C23H24N2O5. The molecule has 2 saturated heterocycles. The Kier molecular flexibility index (Phi) is 4.86. The van der Waals surface area contributed by atoms with Gasteiger partial charge in [-0.15, -0.1) is 0 Å². The Morgan fingerprint density at radius 3 is 2.30 bits per heavy atom. The zero-order valence-corrected chi connectivity index (χ0v) is 17.1. The third-order valence-electron chi connectivity index (χ3n) is 6.31. The van der Waals surface area contributed by atoms with Gasteiger partial charge in [-0.2, -0.15) is 0 Å². The molecule has 0 bridgehead atoms. The number of methoxy groups -OCH3 is 1. The molecule has 2 aromatic rings. The minimum absolute atomic E-state index is 0.0955. The standard InChI is InChI=1S/C23H24N2O5/c1-4-23(22(29)30-3)18-17(19(24-23)14-7-11-16(26)12-8-14)20(27)25(21(18)28)15-9-5-13(2)6-10-15/h5-12,17-19,24,26H,4H2,1-3H3. The first kappa shape index (κ1) is 20.1. The summed E-state index contributed by atoms with van der Waals surface area (Å²) in [5.41, 5.74) is 0.908. The number of hydrogen-bond donors (Lipinski definition) is 2. The van der Waals surface area contributed by atoms with Crippen LogP contribution in [-0.4, -0.2) is 35.5 Å². The molecule has 2 aromatic carbocycles. The molecule has 0 spiro atoms. The number of nitrogens with one attached hydrogen (secondary N) is 1. The fourth-order valence-electron chi connectivity index (χ4n) is 4.76. The predicted molar refractivity (Wildman–Crippen MR) is 110 cm³/mol. The number of carbonyl (C=O) groups is 3. The van der Waals surface area contributed by atoms with Gasteiger partial charge in [0.1, 0.15) is 11.3 Å². The number of rotatable bonds is 4. The molecule has 7 heteroatoms. The molecule has 0 saturated carbocycles. The van der Waals surface area contributed by atoms with E-state index in [1.807, 2.05) is 19.1 Å². The molecule has 7 nitrogen and oxygen atoms in total. The maximum atomic E-state index is 13.5. The van der Waals surface area contributed by atoms with Crippen LogP contribution in [0.3, 0.4) is 0 Å². The van der Waals surface area contributed by atoms with Crippen molar-refractivity contribution in [2.45, 2.75) is 31.8 Å². The Labute approximate surface area is 174 Å². The number of anilines is 1. The van der Waals surface area contributed by atoms with E-state index in [1.54, 1.807) is 31.2 Å². The zero-order chi connectivity index (χ0) is 21.6. The highest BCUT2D eigenvalue weighted by Gasteiger charge is 2.68. The molecule has 0 aliphatic carbocycles. The molecule has 0 aromatic heterocycles. The van der Waals surface area contributed by atoms with E-state index in [9.17, 15) is 19.5 Å². The van der Waals surface area contributed by atoms with Crippen LogP contribution >= 0.6 is 0 Å². The van der Waals surface area contributed by atoms with Crippen molar-refractivity contribution in [3.63, 3.8) is 0 Å². The number of aromatic hydroxyl groups is 1. The van der Waals surface area contributed by atoms with Gasteiger partial charge >= 0.3 is 5.97 Å². The number of fused-ring (bicyclic) bond motifs is 1. The van der Waals surface area contributed by atoms with Crippen LogP contribution in [0, 0.1) is 18.8 Å². The van der Waals surface area contributed by atoms with Gasteiger partial charge in [0.25, 0.3) is 0 Å². The molecule has 4 rings (SSSR count). The van der Waals surface area contributed by atoms with Gasteiger partial charge in [-0.3, -0.25) is 19.7 Å². The Morgan fingerprint density at radius 1 is 1.10 bits per heavy atom. The zero-order valence-electron chi connectivity index (χ0n) is 17.1. The molecule has 2 amide bonds. The normalized spacial score (nSPS) is 28.0. The molecule has 2 N–H and O–H groups in total. The van der Waals surface area contributed by atoms with Gasteiger partial charge in [0.05, 0.1) is 24.6 Å². The number of aryl methyl sites for hydroxylation is 1. The second kappa shape index (κ2) is 7.25. The van der Waals surface area contributed by atoms with E-state index >= 15 is 0 Å². The first-order valence-electron chi connectivity index (χ1n) is 9.93. The predicted octanol–water partition coefficient (Wildman–Crippen LogP) is 2.47. The molecule has 0 radical (unpaired) electrons. The van der Waals surface area contributed by atoms with E-state index < -0.39 is 35.3 Å². The van der Waals surface area contributed by atoms with E-state index in [0.717, 1.165) is 5.56 Å². The van der Waals surface area contributed by atoms with Gasteiger partial charge in [0.15, 0.2) is 0 Å². The molecule has 2 aliphatic rings. The van der Waals surface area contributed by atoms with E-state index in [1.165, 1.54) is 24.1 Å². The van der Waals surface area contributed by atoms with Crippen LogP contribution in [0.5, 0.6) is 5.75 Å². The third kappa shape index (κ3) is 2.81. The van der Waals surface area contributed by atoms with E-state index in [-0.39, 0.29) is 18.1 Å². The van der Waals surface area contributed by atoms with Gasteiger partial charge in [-0.25, -0.2) is 4.90 Å². The lowest BCUT2D eigenvalue weighted by molar-refractivity contribution is -0.152. The minimum Gasteiger partial charge on any atom is -0.508 e. The minimum atomic E-state index is -1.31. The Bertz CT molecular complexity index is 1000. The lowest BCUT2D eigenvalue weighted by atomic mass is 9.78. The van der Waals surface area contributed by atoms with Crippen LogP contribution in [0.1, 0.15) is 30.5 Å². The second-order valence-electron chi connectivity index (χ2n) is 7.88. The van der Waals surface area contributed by atoms with Crippen molar-refractivity contribution in [3.8, 4) is 5.75 Å². The van der Waals surface area contributed by atoms with Crippen molar-refractivity contribution in [3.05, 3.63) is 59.7 Å². The van der Waals surface area contributed by atoms with Gasteiger partial charge < -0.3 is 9.84 Å². The summed E-state index contributed by atoms with van der Waals surface area (Å²) in [6.07, 6.45) is 0.288. The summed E-state index contributed by atoms with van der Waals surface area (Å²) in [5.74, 6) is -2.87. The molecule has 2 aliphatic heterocycles. The smallest absolute Gasteiger partial charge is 0.326 e. The number of hydrogen-bond acceptors (Lipinski definition) is 6. The molecule has 4 atom stereocenters. The van der Waals surface area contributed by atoms with Gasteiger partial charge in [-0.1, -0.05) is 36.8 Å². The van der Waals surface area contributed by atoms with Crippen LogP contribution < -0.4 is 10.2 Å². The lowest BCUT2D eigenvalue weighted by Crippen LogP contribution is -2.55. The number of phenols is 1. The molecular weight excluding hydrogens is 384 g/mol. The van der Waals surface area contributed by atoms with Crippen molar-refractivity contribution in [2.24, 2.45) is 11.8 Å². The van der Waals surface area contributed by atoms with Crippen LogP contribution in [0.25, 0.3) is 0 Å². The molecule has 2 fully saturated rings. The average Bonchev–Trinajstić information content (AvgIpc) is 3.23. The fourth-order valence-corrected chi connectivity index (χ4v) is 4.76. The van der Waals surface area contributed by atoms with Crippen LogP contribution in [0.15, 0.2) is 48.5 Å². The van der Waals surface area contributed by atoms with E-state index in [0.29, 0.717) is 11.3 Å². The summed E-state index contributed by atoms with van der Waals surface area (Å²) >= 11 is 0. The first-order valence-corrected chi connectivity index (χ1v) is 9.93. The monoisotopic (exact) mass is 408 g/mol. The summed E-state index contributed by atoms with van der Waals surface area (Å²) in [6.45, 7) is 3.72. The average molecular weight is 408 g/mol. The van der Waals surface area contributed by atoms with Gasteiger partial charge in [-0.05, 0) is 43.2 Å².